The molecule has 1 heterocycles. The van der Waals surface area contributed by atoms with Crippen molar-refractivity contribution in [3.63, 3.8) is 0 Å². The highest BCUT2D eigenvalue weighted by Crippen LogP contribution is 2.40. The van der Waals surface area contributed by atoms with Crippen molar-refractivity contribution in [1.82, 2.24) is 0 Å². The number of furan rings is 1. The first-order chi connectivity index (χ1) is 26.2. The van der Waals surface area contributed by atoms with E-state index in [1.54, 1.807) is 0 Å². The molecule has 0 saturated heterocycles. The number of nitrogens with zero attached hydrogens (tertiary/aromatic N) is 1. The third-order valence-electron chi connectivity index (χ3n) is 10.1. The minimum atomic E-state index is 0.900. The summed E-state index contributed by atoms with van der Waals surface area (Å²) in [5.41, 5.74) is 15.9. The molecule has 252 valence electrons. The van der Waals surface area contributed by atoms with Crippen molar-refractivity contribution in [2.24, 2.45) is 0 Å². The molecule has 0 saturated carbocycles. The predicted molar refractivity (Wildman–Crippen MR) is 223 cm³/mol. The van der Waals surface area contributed by atoms with Crippen LogP contribution >= 0.6 is 0 Å². The number of anilines is 3. The molecule has 0 bridgehead atoms. The number of rotatable bonds is 8. The zero-order chi connectivity index (χ0) is 35.6. The smallest absolute Gasteiger partial charge is 0.138 e. The van der Waals surface area contributed by atoms with Crippen LogP contribution in [0.3, 0.4) is 0 Å². The number of fused-ring (bicyclic) bond motifs is 1. The molecular weight excluding hydrogens is 643 g/mol. The van der Waals surface area contributed by atoms with Crippen LogP contribution in [0.25, 0.3) is 66.8 Å². The van der Waals surface area contributed by atoms with Crippen LogP contribution in [-0.2, 0) is 0 Å². The van der Waals surface area contributed by atoms with E-state index in [0.29, 0.717) is 0 Å². The molecule has 0 radical (unpaired) electrons. The zero-order valence-corrected chi connectivity index (χ0v) is 29.5. The van der Waals surface area contributed by atoms with Crippen LogP contribution in [0.1, 0.15) is 5.56 Å². The fraction of sp³-hybridized carbons (Fsp3) is 0.0196. The third-order valence-corrected chi connectivity index (χ3v) is 10.1. The molecule has 0 spiro atoms. The van der Waals surface area contributed by atoms with Gasteiger partial charge in [-0.05, 0) is 93.9 Å². The Balaban J connectivity index is 1.07. The second-order valence-corrected chi connectivity index (χ2v) is 13.4. The summed E-state index contributed by atoms with van der Waals surface area (Å²) in [6, 6.07) is 73.3. The minimum Gasteiger partial charge on any atom is -0.456 e. The quantitative estimate of drug-likeness (QED) is 0.159. The van der Waals surface area contributed by atoms with Crippen molar-refractivity contribution in [3.8, 4) is 55.8 Å². The van der Waals surface area contributed by atoms with Crippen LogP contribution in [0.5, 0.6) is 0 Å². The van der Waals surface area contributed by atoms with Gasteiger partial charge in [0, 0.05) is 33.6 Å². The second-order valence-electron chi connectivity index (χ2n) is 13.4. The molecule has 0 aliphatic carbocycles. The van der Waals surface area contributed by atoms with Gasteiger partial charge in [0.1, 0.15) is 11.3 Å². The lowest BCUT2D eigenvalue weighted by atomic mass is 9.99. The normalized spacial score (nSPS) is 11.1. The highest BCUT2D eigenvalue weighted by molar-refractivity contribution is 5.89. The highest BCUT2D eigenvalue weighted by atomic mass is 16.3. The van der Waals surface area contributed by atoms with E-state index in [4.69, 9.17) is 4.42 Å². The maximum absolute atomic E-state index is 6.42. The first-order valence-electron chi connectivity index (χ1n) is 18.1. The van der Waals surface area contributed by atoms with Gasteiger partial charge in [-0.3, -0.25) is 0 Å². The van der Waals surface area contributed by atoms with Crippen LogP contribution in [0.2, 0.25) is 0 Å². The van der Waals surface area contributed by atoms with Crippen molar-refractivity contribution < 1.29 is 4.42 Å². The van der Waals surface area contributed by atoms with E-state index >= 15 is 0 Å². The average Bonchev–Trinajstić information content (AvgIpc) is 3.58. The lowest BCUT2D eigenvalue weighted by molar-refractivity contribution is 0.629. The minimum absolute atomic E-state index is 0.900. The van der Waals surface area contributed by atoms with Crippen molar-refractivity contribution in [2.45, 2.75) is 6.92 Å². The Labute approximate surface area is 310 Å². The molecular formula is C51H37NO. The molecule has 9 aromatic rings. The zero-order valence-electron chi connectivity index (χ0n) is 29.5. The summed E-state index contributed by atoms with van der Waals surface area (Å²) < 4.78 is 6.42. The number of benzene rings is 8. The van der Waals surface area contributed by atoms with Crippen molar-refractivity contribution in [2.75, 3.05) is 4.90 Å². The summed E-state index contributed by atoms with van der Waals surface area (Å²) in [6.07, 6.45) is 0. The van der Waals surface area contributed by atoms with Crippen LogP contribution in [-0.4, -0.2) is 0 Å². The predicted octanol–water partition coefficient (Wildman–Crippen LogP) is 14.5. The molecule has 1 aromatic heterocycles. The lowest BCUT2D eigenvalue weighted by Gasteiger charge is -2.26. The summed E-state index contributed by atoms with van der Waals surface area (Å²) >= 11 is 0. The molecule has 0 fully saturated rings. The van der Waals surface area contributed by atoms with Gasteiger partial charge in [0.25, 0.3) is 0 Å². The Morgan fingerprint density at radius 1 is 0.321 bits per heavy atom. The van der Waals surface area contributed by atoms with Crippen LogP contribution in [0.15, 0.2) is 211 Å². The molecule has 0 aliphatic rings. The molecule has 0 N–H and O–H groups in total. The summed E-state index contributed by atoms with van der Waals surface area (Å²) in [5, 5.41) is 1.14. The van der Waals surface area contributed by atoms with Gasteiger partial charge in [-0.1, -0.05) is 164 Å². The first-order valence-corrected chi connectivity index (χ1v) is 18.1. The van der Waals surface area contributed by atoms with Crippen LogP contribution in [0, 0.1) is 6.92 Å². The largest absolute Gasteiger partial charge is 0.456 e. The van der Waals surface area contributed by atoms with E-state index in [9.17, 15) is 0 Å². The van der Waals surface area contributed by atoms with Crippen molar-refractivity contribution >= 4 is 28.0 Å². The number of hydrogen-bond donors (Lipinski definition) is 0. The van der Waals surface area contributed by atoms with Gasteiger partial charge in [0.2, 0.25) is 0 Å². The van der Waals surface area contributed by atoms with Gasteiger partial charge in [-0.25, -0.2) is 0 Å². The second kappa shape index (κ2) is 14.0. The maximum Gasteiger partial charge on any atom is 0.138 e. The van der Waals surface area contributed by atoms with Gasteiger partial charge in [-0.2, -0.15) is 0 Å². The molecule has 2 nitrogen and oxygen atoms in total. The Kier molecular flexibility index (Phi) is 8.47. The lowest BCUT2D eigenvalue weighted by Crippen LogP contribution is -2.10. The Bertz CT molecular complexity index is 2490. The first kappa shape index (κ1) is 32.0. The molecule has 8 aromatic carbocycles. The van der Waals surface area contributed by atoms with E-state index in [0.717, 1.165) is 44.9 Å². The molecule has 53 heavy (non-hydrogen) atoms. The summed E-state index contributed by atoms with van der Waals surface area (Å²) in [5.74, 6) is 0.900. The van der Waals surface area contributed by atoms with Crippen molar-refractivity contribution in [3.05, 3.63) is 212 Å². The van der Waals surface area contributed by atoms with Crippen molar-refractivity contribution in [1.29, 1.82) is 0 Å². The van der Waals surface area contributed by atoms with E-state index < -0.39 is 0 Å². The molecule has 0 atom stereocenters. The SMILES string of the molecule is Cc1c(-c2cccc(N(c3ccc(-c4ccc(-c5ccccc5)cc4)cc3)c3ccc(-c4ccc(-c5ccccc5)cc4)cc3)c2)oc2ccccc12. The fourth-order valence-corrected chi connectivity index (χ4v) is 7.26. The van der Waals surface area contributed by atoms with E-state index in [2.05, 4.69) is 206 Å². The maximum atomic E-state index is 6.42. The van der Waals surface area contributed by atoms with E-state index in [1.165, 1.54) is 44.5 Å². The number of hydrogen-bond acceptors (Lipinski definition) is 2. The van der Waals surface area contributed by atoms with E-state index in [1.807, 2.05) is 12.1 Å². The molecule has 0 amide bonds. The summed E-state index contributed by atoms with van der Waals surface area (Å²) in [6.45, 7) is 2.14. The van der Waals surface area contributed by atoms with Gasteiger partial charge in [0.15, 0.2) is 0 Å². The van der Waals surface area contributed by atoms with Gasteiger partial charge >= 0.3 is 0 Å². The number of aryl methyl sites for hydroxylation is 1. The molecule has 0 aliphatic heterocycles. The summed E-state index contributed by atoms with van der Waals surface area (Å²) in [4.78, 5) is 2.33. The Hall–Kier alpha value is -6.90. The molecule has 9 rings (SSSR count). The standard InChI is InChI=1S/C51H37NO/c1-36-49-17-8-9-18-50(49)53-51(36)45-15-10-16-48(35-45)52(46-31-27-43(28-32-46)41-23-19-39(20-24-41)37-11-4-2-5-12-37)47-33-29-44(30-34-47)42-25-21-40(22-26-42)38-13-6-3-7-14-38/h2-35H,1H3. The van der Waals surface area contributed by atoms with Gasteiger partial charge in [0.05, 0.1) is 0 Å². The molecule has 0 unspecified atom stereocenters. The van der Waals surface area contributed by atoms with Gasteiger partial charge in [-0.15, -0.1) is 0 Å². The Morgan fingerprint density at radius 2 is 0.698 bits per heavy atom. The van der Waals surface area contributed by atoms with Crippen LogP contribution in [0.4, 0.5) is 17.1 Å². The van der Waals surface area contributed by atoms with Gasteiger partial charge < -0.3 is 9.32 Å². The summed E-state index contributed by atoms with van der Waals surface area (Å²) in [7, 11) is 0. The highest BCUT2D eigenvalue weighted by Gasteiger charge is 2.17. The van der Waals surface area contributed by atoms with E-state index in [-0.39, 0.29) is 0 Å². The third kappa shape index (κ3) is 6.44. The average molecular weight is 680 g/mol. The topological polar surface area (TPSA) is 16.4 Å². The molecule has 2 heteroatoms. The fourth-order valence-electron chi connectivity index (χ4n) is 7.26. The number of para-hydroxylation sites is 1. The monoisotopic (exact) mass is 679 g/mol. The van der Waals surface area contributed by atoms with Crippen LogP contribution < -0.4 is 4.90 Å². The Morgan fingerprint density at radius 3 is 1.15 bits per heavy atom.